The van der Waals surface area contributed by atoms with Gasteiger partial charge in [0, 0.05) is 17.1 Å². The van der Waals surface area contributed by atoms with E-state index in [4.69, 9.17) is 4.74 Å². The lowest BCUT2D eigenvalue weighted by atomic mass is 10.1. The van der Waals surface area contributed by atoms with Crippen molar-refractivity contribution in [3.63, 3.8) is 0 Å². The Bertz CT molecular complexity index is 2020. The van der Waals surface area contributed by atoms with Crippen molar-refractivity contribution in [2.75, 3.05) is 6.61 Å². The summed E-state index contributed by atoms with van der Waals surface area (Å²) in [7, 11) is 0. The minimum atomic E-state index is -4.72. The molecule has 0 spiro atoms. The van der Waals surface area contributed by atoms with Crippen LogP contribution >= 0.6 is 11.3 Å². The number of nitrogens with zero attached hydrogens (tertiary/aromatic N) is 7. The Hall–Kier alpha value is -5.41. The lowest BCUT2D eigenvalue weighted by Crippen LogP contribution is -2.27. The van der Waals surface area contributed by atoms with Crippen LogP contribution in [0.5, 0.6) is 5.75 Å². The van der Waals surface area contributed by atoms with Gasteiger partial charge < -0.3 is 9.84 Å². The number of carbonyl (C=O) groups is 1. The number of hydrogen-bond acceptors (Lipinski definition) is 10. The molecule has 4 aromatic heterocycles. The maximum atomic E-state index is 13.3. The number of aryl methyl sites for hydroxylation is 1. The van der Waals surface area contributed by atoms with Crippen molar-refractivity contribution in [2.45, 2.75) is 19.6 Å². The van der Waals surface area contributed by atoms with Gasteiger partial charge in [0.05, 0.1) is 50.6 Å². The van der Waals surface area contributed by atoms with Gasteiger partial charge in [0.1, 0.15) is 30.3 Å². The number of carboxylic acid groups (broad SMARTS) is 1. The van der Waals surface area contributed by atoms with Crippen molar-refractivity contribution in [1.29, 1.82) is 10.5 Å². The number of nitriles is 2. The number of fused-ring (bicyclic) bond motifs is 2. The fourth-order valence-corrected chi connectivity index (χ4v) is 5.23. The first-order chi connectivity index (χ1) is 19.5. The number of pyridine rings is 1. The summed E-state index contributed by atoms with van der Waals surface area (Å²) in [5.41, 5.74) is -1.64. The second kappa shape index (κ2) is 10.3. The van der Waals surface area contributed by atoms with Gasteiger partial charge in [-0.05, 0) is 25.1 Å². The first-order valence-corrected chi connectivity index (χ1v) is 12.4. The van der Waals surface area contributed by atoms with E-state index in [0.717, 1.165) is 17.4 Å². The minimum absolute atomic E-state index is 0.00151. The third-order valence-electron chi connectivity index (χ3n) is 6.06. The lowest BCUT2D eigenvalue weighted by Gasteiger charge is -2.15. The van der Waals surface area contributed by atoms with E-state index in [1.807, 2.05) is 6.07 Å². The monoisotopic (exact) mass is 577 g/mol. The third kappa shape index (κ3) is 4.90. The average molecular weight is 578 g/mol. The van der Waals surface area contributed by atoms with Crippen LogP contribution in [0, 0.1) is 29.6 Å². The zero-order chi connectivity index (χ0) is 29.5. The molecule has 0 saturated heterocycles. The van der Waals surface area contributed by atoms with Crippen LogP contribution in [-0.2, 0) is 12.7 Å². The molecule has 4 heterocycles. The predicted molar refractivity (Wildman–Crippen MR) is 138 cm³/mol. The molecule has 0 aliphatic rings. The van der Waals surface area contributed by atoms with Crippen LogP contribution in [0.4, 0.5) is 13.2 Å². The second-order valence-corrected chi connectivity index (χ2v) is 9.38. The van der Waals surface area contributed by atoms with Gasteiger partial charge in [-0.25, -0.2) is 19.7 Å². The van der Waals surface area contributed by atoms with E-state index in [9.17, 15) is 38.4 Å². The van der Waals surface area contributed by atoms with E-state index >= 15 is 0 Å². The molecule has 41 heavy (non-hydrogen) atoms. The molecule has 0 bridgehead atoms. The number of alkyl halides is 3. The highest BCUT2D eigenvalue weighted by Crippen LogP contribution is 2.37. The SMILES string of the molecule is Cc1nc2cc(C(F)(F)F)cc(C#N)c2c(=O)n1CCOc1cnc(C#N)nc1-c1ccnc2c(C(=O)O)csc12. The second-order valence-electron chi connectivity index (χ2n) is 8.50. The summed E-state index contributed by atoms with van der Waals surface area (Å²) >= 11 is 1.12. The Morgan fingerprint density at radius 1 is 1.20 bits per heavy atom. The molecule has 1 aromatic carbocycles. The molecule has 0 fully saturated rings. The fourth-order valence-electron chi connectivity index (χ4n) is 4.21. The molecule has 0 radical (unpaired) electrons. The number of thiophene rings is 1. The first kappa shape index (κ1) is 27.2. The number of hydrogen-bond donors (Lipinski definition) is 1. The quantitative estimate of drug-likeness (QED) is 0.307. The fraction of sp³-hybridized carbons (Fsp3) is 0.154. The Balaban J connectivity index is 1.51. The molecule has 11 nitrogen and oxygen atoms in total. The number of aromatic nitrogens is 5. The summed E-state index contributed by atoms with van der Waals surface area (Å²) in [4.78, 5) is 41.3. The van der Waals surface area contributed by atoms with E-state index in [1.54, 1.807) is 12.1 Å². The van der Waals surface area contributed by atoms with E-state index < -0.39 is 28.8 Å². The Morgan fingerprint density at radius 2 is 1.98 bits per heavy atom. The van der Waals surface area contributed by atoms with E-state index in [2.05, 4.69) is 19.9 Å². The summed E-state index contributed by atoms with van der Waals surface area (Å²) in [5, 5.41) is 29.4. The molecule has 204 valence electrons. The smallest absolute Gasteiger partial charge is 0.416 e. The Morgan fingerprint density at radius 3 is 2.66 bits per heavy atom. The van der Waals surface area contributed by atoms with Crippen molar-refractivity contribution < 1.29 is 27.8 Å². The number of ether oxygens (including phenoxy) is 1. The zero-order valence-electron chi connectivity index (χ0n) is 20.7. The number of aromatic carboxylic acids is 1. The lowest BCUT2D eigenvalue weighted by molar-refractivity contribution is -0.137. The summed E-state index contributed by atoms with van der Waals surface area (Å²) < 4.78 is 47.4. The molecule has 0 amide bonds. The third-order valence-corrected chi connectivity index (χ3v) is 7.07. The van der Waals surface area contributed by atoms with Gasteiger partial charge in [0.2, 0.25) is 5.82 Å². The average Bonchev–Trinajstić information content (AvgIpc) is 3.38. The zero-order valence-corrected chi connectivity index (χ0v) is 21.5. The van der Waals surface area contributed by atoms with Crippen LogP contribution in [-0.4, -0.2) is 42.2 Å². The Labute approximate surface area is 231 Å². The summed E-state index contributed by atoms with van der Waals surface area (Å²) in [5.74, 6) is -1.10. The van der Waals surface area contributed by atoms with Crippen molar-refractivity contribution in [2.24, 2.45) is 0 Å². The predicted octanol–water partition coefficient (Wildman–Crippen LogP) is 4.31. The number of benzene rings is 1. The van der Waals surface area contributed by atoms with E-state index in [-0.39, 0.29) is 58.2 Å². The minimum Gasteiger partial charge on any atom is -0.488 e. The Kier molecular flexibility index (Phi) is 6.82. The summed E-state index contributed by atoms with van der Waals surface area (Å²) in [6, 6.07) is 6.40. The topological polar surface area (TPSA) is 168 Å². The molecular formula is C26H14F3N7O4S. The standard InChI is InChI=1S/C26H14F3N7O4S/c1-12-34-17-7-14(26(27,28)29)6-13(8-30)20(17)24(37)36(12)4-5-40-18-10-33-19(9-31)35-21(18)15-2-3-32-22-16(25(38)39)11-41-23(15)22/h2-3,6-7,10-11H,4-5H2,1H3,(H,38,39). The van der Waals surface area contributed by atoms with E-state index in [0.29, 0.717) is 16.3 Å². The van der Waals surface area contributed by atoms with Gasteiger partial charge in [0.25, 0.3) is 5.56 Å². The molecule has 0 saturated carbocycles. The molecule has 0 aliphatic heterocycles. The van der Waals surface area contributed by atoms with Crippen LogP contribution in [0.3, 0.4) is 0 Å². The van der Waals surface area contributed by atoms with Crippen LogP contribution < -0.4 is 10.3 Å². The maximum Gasteiger partial charge on any atom is 0.416 e. The van der Waals surface area contributed by atoms with Crippen LogP contribution in [0.1, 0.15) is 33.1 Å². The molecule has 0 atom stereocenters. The van der Waals surface area contributed by atoms with Crippen molar-refractivity contribution >= 4 is 38.4 Å². The molecule has 0 unspecified atom stereocenters. The van der Waals surface area contributed by atoms with Gasteiger partial charge in [-0.3, -0.25) is 14.3 Å². The van der Waals surface area contributed by atoms with Gasteiger partial charge in [-0.15, -0.1) is 11.3 Å². The highest BCUT2D eigenvalue weighted by molar-refractivity contribution is 7.18. The van der Waals surface area contributed by atoms with Crippen molar-refractivity contribution in [3.05, 3.63) is 74.7 Å². The van der Waals surface area contributed by atoms with Gasteiger partial charge in [-0.2, -0.15) is 23.7 Å². The summed E-state index contributed by atoms with van der Waals surface area (Å²) in [6.07, 6.45) is -2.06. The van der Waals surface area contributed by atoms with Crippen LogP contribution in [0.2, 0.25) is 0 Å². The molecule has 1 N–H and O–H groups in total. The molecule has 5 rings (SSSR count). The van der Waals surface area contributed by atoms with Gasteiger partial charge >= 0.3 is 12.1 Å². The van der Waals surface area contributed by atoms with Crippen molar-refractivity contribution in [1.82, 2.24) is 24.5 Å². The molecule has 15 heteroatoms. The molecule has 5 aromatic rings. The molecular weight excluding hydrogens is 563 g/mol. The van der Waals surface area contributed by atoms with Gasteiger partial charge in [0.15, 0.2) is 5.75 Å². The van der Waals surface area contributed by atoms with Crippen LogP contribution in [0.25, 0.3) is 32.4 Å². The number of halogens is 3. The highest BCUT2D eigenvalue weighted by atomic mass is 32.1. The molecule has 0 aliphatic carbocycles. The number of rotatable bonds is 6. The summed E-state index contributed by atoms with van der Waals surface area (Å²) in [6.45, 7) is 1.18. The van der Waals surface area contributed by atoms with Crippen LogP contribution in [0.15, 0.2) is 40.8 Å². The maximum absolute atomic E-state index is 13.3. The first-order valence-electron chi connectivity index (χ1n) is 11.6. The van der Waals surface area contributed by atoms with Crippen molar-refractivity contribution in [3.8, 4) is 29.1 Å². The van der Waals surface area contributed by atoms with Gasteiger partial charge in [-0.1, -0.05) is 0 Å². The highest BCUT2D eigenvalue weighted by Gasteiger charge is 2.32. The largest absolute Gasteiger partial charge is 0.488 e. The number of carboxylic acids is 1. The van der Waals surface area contributed by atoms with E-state index in [1.165, 1.54) is 29.3 Å². The normalized spacial score (nSPS) is 11.4.